The molecule has 4 heteroatoms. The molecule has 2 atom stereocenters. The van der Waals surface area contributed by atoms with E-state index in [1.165, 1.54) is 13.2 Å². The van der Waals surface area contributed by atoms with Crippen molar-refractivity contribution in [1.29, 1.82) is 0 Å². The molecule has 4 nitrogen and oxygen atoms in total. The zero-order valence-corrected chi connectivity index (χ0v) is 9.26. The molecule has 16 heavy (non-hydrogen) atoms. The molecular weight excluding hydrogens is 206 g/mol. The van der Waals surface area contributed by atoms with Crippen molar-refractivity contribution >= 4 is 0 Å². The lowest BCUT2D eigenvalue weighted by molar-refractivity contribution is 0.121. The van der Waals surface area contributed by atoms with Gasteiger partial charge in [0.05, 0.1) is 19.3 Å². The molecule has 0 heterocycles. The molecule has 2 rings (SSSR count). The van der Waals surface area contributed by atoms with Crippen LogP contribution in [0.3, 0.4) is 0 Å². The maximum absolute atomic E-state index is 9.96. The van der Waals surface area contributed by atoms with E-state index in [0.717, 1.165) is 18.4 Å². The summed E-state index contributed by atoms with van der Waals surface area (Å²) in [5, 5.41) is 19.3. The molecule has 0 saturated heterocycles. The van der Waals surface area contributed by atoms with Crippen LogP contribution in [0, 0.1) is 5.92 Å². The van der Waals surface area contributed by atoms with Crippen molar-refractivity contribution in [2.24, 2.45) is 11.7 Å². The third-order valence-electron chi connectivity index (χ3n) is 3.05. The lowest BCUT2D eigenvalue weighted by Gasteiger charge is -2.21. The van der Waals surface area contributed by atoms with E-state index in [0.29, 0.717) is 11.7 Å². The van der Waals surface area contributed by atoms with Gasteiger partial charge in [-0.05, 0) is 30.9 Å². The van der Waals surface area contributed by atoms with Crippen LogP contribution in [0.1, 0.15) is 24.4 Å². The minimum absolute atomic E-state index is 0.133. The first-order valence-electron chi connectivity index (χ1n) is 5.44. The Morgan fingerprint density at radius 2 is 2.12 bits per heavy atom. The van der Waals surface area contributed by atoms with Crippen LogP contribution in [0.25, 0.3) is 0 Å². The highest BCUT2D eigenvalue weighted by Crippen LogP contribution is 2.39. The van der Waals surface area contributed by atoms with Crippen molar-refractivity contribution < 1.29 is 14.9 Å². The molecule has 1 aromatic rings. The molecule has 4 N–H and O–H groups in total. The second-order valence-electron chi connectivity index (χ2n) is 4.28. The molecule has 88 valence electrons. The van der Waals surface area contributed by atoms with Crippen LogP contribution in [0.15, 0.2) is 18.2 Å². The van der Waals surface area contributed by atoms with Crippen molar-refractivity contribution in [1.82, 2.24) is 0 Å². The highest BCUT2D eigenvalue weighted by atomic mass is 16.5. The van der Waals surface area contributed by atoms with E-state index < -0.39 is 12.1 Å². The van der Waals surface area contributed by atoms with Gasteiger partial charge < -0.3 is 20.7 Å². The minimum atomic E-state index is -0.529. The van der Waals surface area contributed by atoms with Crippen LogP contribution in [0.5, 0.6) is 11.5 Å². The summed E-state index contributed by atoms with van der Waals surface area (Å²) < 4.78 is 5.15. The van der Waals surface area contributed by atoms with Crippen molar-refractivity contribution in [3.05, 3.63) is 23.8 Å². The standard InChI is InChI=1S/C12H17NO3/c1-16-10-6-8(14)4-5-9(10)11(13)12(15)7-2-3-7/h4-7,11-12,14-15H,2-3,13H2,1H3/t11-,12+/m1/s1. The lowest BCUT2D eigenvalue weighted by atomic mass is 9.98. The Morgan fingerprint density at radius 3 is 2.69 bits per heavy atom. The first-order chi connectivity index (χ1) is 7.63. The maximum atomic E-state index is 9.96. The summed E-state index contributed by atoms with van der Waals surface area (Å²) >= 11 is 0. The first kappa shape index (κ1) is 11.2. The summed E-state index contributed by atoms with van der Waals surface area (Å²) in [7, 11) is 1.52. The Hall–Kier alpha value is -1.26. The monoisotopic (exact) mass is 223 g/mol. The molecule has 0 spiro atoms. The van der Waals surface area contributed by atoms with E-state index in [1.807, 2.05) is 0 Å². The lowest BCUT2D eigenvalue weighted by Crippen LogP contribution is -2.28. The fraction of sp³-hybridized carbons (Fsp3) is 0.500. The molecule has 0 radical (unpaired) electrons. The Balaban J connectivity index is 2.23. The van der Waals surface area contributed by atoms with E-state index in [-0.39, 0.29) is 5.75 Å². The quantitative estimate of drug-likeness (QED) is 0.716. The number of phenols is 1. The number of nitrogens with two attached hydrogens (primary N) is 1. The molecule has 0 amide bonds. The molecule has 1 aliphatic rings. The highest BCUT2D eigenvalue weighted by Gasteiger charge is 2.35. The number of aromatic hydroxyl groups is 1. The molecule has 1 fully saturated rings. The second-order valence-corrected chi connectivity index (χ2v) is 4.28. The number of ether oxygens (including phenoxy) is 1. The van der Waals surface area contributed by atoms with Crippen LogP contribution in [-0.4, -0.2) is 23.4 Å². The Bertz CT molecular complexity index is 377. The van der Waals surface area contributed by atoms with Gasteiger partial charge in [-0.2, -0.15) is 0 Å². The molecule has 0 aromatic heterocycles. The van der Waals surface area contributed by atoms with Gasteiger partial charge in [0.25, 0.3) is 0 Å². The number of phenolic OH excluding ortho intramolecular Hbond substituents is 1. The van der Waals surface area contributed by atoms with E-state index in [1.54, 1.807) is 12.1 Å². The third kappa shape index (κ3) is 2.13. The number of methoxy groups -OCH3 is 1. The van der Waals surface area contributed by atoms with Crippen molar-refractivity contribution in [3.8, 4) is 11.5 Å². The number of hydrogen-bond acceptors (Lipinski definition) is 4. The van der Waals surface area contributed by atoms with Gasteiger partial charge in [-0.1, -0.05) is 0 Å². The predicted octanol–water partition coefficient (Wildman–Crippen LogP) is 1.17. The fourth-order valence-corrected chi connectivity index (χ4v) is 1.89. The van der Waals surface area contributed by atoms with Gasteiger partial charge in [0, 0.05) is 11.6 Å². The predicted molar refractivity (Wildman–Crippen MR) is 60.3 cm³/mol. The Labute approximate surface area is 94.7 Å². The van der Waals surface area contributed by atoms with E-state index in [2.05, 4.69) is 0 Å². The fourth-order valence-electron chi connectivity index (χ4n) is 1.89. The topological polar surface area (TPSA) is 75.7 Å². The van der Waals surface area contributed by atoms with Crippen molar-refractivity contribution in [3.63, 3.8) is 0 Å². The Kier molecular flexibility index (Phi) is 3.03. The van der Waals surface area contributed by atoms with Crippen LogP contribution in [0.4, 0.5) is 0 Å². The first-order valence-corrected chi connectivity index (χ1v) is 5.44. The van der Waals surface area contributed by atoms with Gasteiger partial charge in [0.2, 0.25) is 0 Å². The number of aliphatic hydroxyl groups is 1. The number of benzene rings is 1. The number of aliphatic hydroxyl groups excluding tert-OH is 1. The average Bonchev–Trinajstić information content (AvgIpc) is 3.10. The summed E-state index contributed by atoms with van der Waals surface area (Å²) in [6, 6.07) is 4.30. The van der Waals surface area contributed by atoms with E-state index in [9.17, 15) is 10.2 Å². The summed E-state index contributed by atoms with van der Waals surface area (Å²) in [4.78, 5) is 0. The average molecular weight is 223 g/mol. The van der Waals surface area contributed by atoms with Crippen molar-refractivity contribution in [2.75, 3.05) is 7.11 Å². The SMILES string of the molecule is COc1cc(O)ccc1[C@@H](N)[C@@H](O)C1CC1. The molecule has 0 unspecified atom stereocenters. The van der Waals surface area contributed by atoms with Crippen molar-refractivity contribution in [2.45, 2.75) is 25.0 Å². The summed E-state index contributed by atoms with van der Waals surface area (Å²) in [5.74, 6) is 0.967. The Morgan fingerprint density at radius 1 is 1.44 bits per heavy atom. The third-order valence-corrected chi connectivity index (χ3v) is 3.05. The summed E-state index contributed by atoms with van der Waals surface area (Å²) in [6.45, 7) is 0. The van der Waals surface area contributed by atoms with Crippen LogP contribution in [0.2, 0.25) is 0 Å². The largest absolute Gasteiger partial charge is 0.508 e. The van der Waals surface area contributed by atoms with E-state index in [4.69, 9.17) is 10.5 Å². The molecule has 1 aliphatic carbocycles. The van der Waals surface area contributed by atoms with Gasteiger partial charge in [-0.25, -0.2) is 0 Å². The zero-order valence-electron chi connectivity index (χ0n) is 9.26. The molecule has 1 aromatic carbocycles. The van der Waals surface area contributed by atoms with Gasteiger partial charge in [0.1, 0.15) is 11.5 Å². The highest BCUT2D eigenvalue weighted by molar-refractivity contribution is 5.42. The van der Waals surface area contributed by atoms with Gasteiger partial charge in [0.15, 0.2) is 0 Å². The molecule has 0 bridgehead atoms. The maximum Gasteiger partial charge on any atom is 0.127 e. The second kappa shape index (κ2) is 4.31. The summed E-state index contributed by atoms with van der Waals surface area (Å²) in [6.07, 6.45) is 1.54. The smallest absolute Gasteiger partial charge is 0.127 e. The van der Waals surface area contributed by atoms with E-state index >= 15 is 0 Å². The van der Waals surface area contributed by atoms with Crippen LogP contribution < -0.4 is 10.5 Å². The van der Waals surface area contributed by atoms with Gasteiger partial charge >= 0.3 is 0 Å². The summed E-state index contributed by atoms with van der Waals surface area (Å²) in [5.41, 5.74) is 6.73. The van der Waals surface area contributed by atoms with Crippen LogP contribution >= 0.6 is 0 Å². The normalized spacial score (nSPS) is 19.2. The number of hydrogen-bond donors (Lipinski definition) is 3. The zero-order chi connectivity index (χ0) is 11.7. The molecule has 0 aliphatic heterocycles. The molecular formula is C12H17NO3. The molecule has 1 saturated carbocycles. The number of rotatable bonds is 4. The van der Waals surface area contributed by atoms with Gasteiger partial charge in [-0.15, -0.1) is 0 Å². The van der Waals surface area contributed by atoms with Crippen LogP contribution in [-0.2, 0) is 0 Å². The van der Waals surface area contributed by atoms with Gasteiger partial charge in [-0.3, -0.25) is 0 Å². The minimum Gasteiger partial charge on any atom is -0.508 e.